The van der Waals surface area contributed by atoms with Crippen molar-refractivity contribution >= 4 is 5.97 Å². The van der Waals surface area contributed by atoms with Gasteiger partial charge in [-0.1, -0.05) is 40.7 Å². The topological polar surface area (TPSA) is 35.5 Å². The molecule has 3 heteroatoms. The van der Waals surface area contributed by atoms with E-state index in [1.54, 1.807) is 6.92 Å². The van der Waals surface area contributed by atoms with Crippen LogP contribution in [0.2, 0.25) is 0 Å². The molecular formula is C17H26O3. The van der Waals surface area contributed by atoms with Crippen LogP contribution in [-0.4, -0.2) is 19.2 Å². The van der Waals surface area contributed by atoms with Crippen LogP contribution in [0.25, 0.3) is 0 Å². The summed E-state index contributed by atoms with van der Waals surface area (Å²) < 4.78 is 10.9. The lowest BCUT2D eigenvalue weighted by molar-refractivity contribution is 0.0521. The standard InChI is InChI=1S/C17H26O3/c1-7-19-16(18)14-10-13(17(4,5)6)8-9-15(14)20-11-12(2)3/h8-10,12H,7,11H2,1-6H3. The van der Waals surface area contributed by atoms with Crippen molar-refractivity contribution in [2.24, 2.45) is 5.92 Å². The molecule has 0 aliphatic carbocycles. The molecule has 3 nitrogen and oxygen atoms in total. The molecule has 20 heavy (non-hydrogen) atoms. The molecule has 0 heterocycles. The summed E-state index contributed by atoms with van der Waals surface area (Å²) >= 11 is 0. The van der Waals surface area contributed by atoms with Crippen molar-refractivity contribution < 1.29 is 14.3 Å². The third-order valence-corrected chi connectivity index (χ3v) is 2.91. The van der Waals surface area contributed by atoms with Gasteiger partial charge >= 0.3 is 5.97 Å². The predicted octanol–water partition coefficient (Wildman–Crippen LogP) is 4.20. The summed E-state index contributed by atoms with van der Waals surface area (Å²) in [7, 11) is 0. The lowest BCUT2D eigenvalue weighted by atomic mass is 9.86. The summed E-state index contributed by atoms with van der Waals surface area (Å²) in [6, 6.07) is 5.77. The van der Waals surface area contributed by atoms with E-state index < -0.39 is 0 Å². The molecule has 0 saturated carbocycles. The lowest BCUT2D eigenvalue weighted by Crippen LogP contribution is -2.15. The second-order valence-corrected chi connectivity index (χ2v) is 6.39. The Labute approximate surface area is 122 Å². The number of esters is 1. The molecule has 0 amide bonds. The number of hydrogen-bond acceptors (Lipinski definition) is 3. The highest BCUT2D eigenvalue weighted by atomic mass is 16.5. The Morgan fingerprint density at radius 1 is 1.25 bits per heavy atom. The molecule has 0 fully saturated rings. The number of hydrogen-bond donors (Lipinski definition) is 0. The second kappa shape index (κ2) is 6.78. The number of ether oxygens (including phenoxy) is 2. The van der Waals surface area contributed by atoms with Gasteiger partial charge < -0.3 is 9.47 Å². The molecule has 0 aromatic heterocycles. The van der Waals surface area contributed by atoms with E-state index in [1.807, 2.05) is 18.2 Å². The van der Waals surface area contributed by atoms with E-state index in [0.29, 0.717) is 30.4 Å². The minimum atomic E-state index is -0.322. The molecule has 0 N–H and O–H groups in total. The van der Waals surface area contributed by atoms with Gasteiger partial charge in [-0.15, -0.1) is 0 Å². The van der Waals surface area contributed by atoms with Crippen molar-refractivity contribution in [2.75, 3.05) is 13.2 Å². The van der Waals surface area contributed by atoms with Crippen molar-refractivity contribution in [2.45, 2.75) is 47.0 Å². The van der Waals surface area contributed by atoms with Crippen LogP contribution in [0.15, 0.2) is 18.2 Å². The van der Waals surface area contributed by atoms with Gasteiger partial charge in [0, 0.05) is 0 Å². The minimum absolute atomic E-state index is 0.0160. The van der Waals surface area contributed by atoms with Gasteiger partial charge in [-0.3, -0.25) is 0 Å². The summed E-state index contributed by atoms with van der Waals surface area (Å²) in [5, 5.41) is 0. The molecule has 0 bridgehead atoms. The van der Waals surface area contributed by atoms with Crippen LogP contribution in [0, 0.1) is 5.92 Å². The van der Waals surface area contributed by atoms with Crippen molar-refractivity contribution in [3.63, 3.8) is 0 Å². The smallest absolute Gasteiger partial charge is 0.341 e. The minimum Gasteiger partial charge on any atom is -0.492 e. The van der Waals surface area contributed by atoms with Crippen molar-refractivity contribution in [1.82, 2.24) is 0 Å². The van der Waals surface area contributed by atoms with Gasteiger partial charge in [0.2, 0.25) is 0 Å². The van der Waals surface area contributed by atoms with Crippen LogP contribution < -0.4 is 4.74 Å². The van der Waals surface area contributed by atoms with Crippen molar-refractivity contribution in [3.8, 4) is 5.75 Å². The molecular weight excluding hydrogens is 252 g/mol. The monoisotopic (exact) mass is 278 g/mol. The molecule has 1 aromatic rings. The fourth-order valence-electron chi connectivity index (χ4n) is 1.75. The zero-order chi connectivity index (χ0) is 15.3. The van der Waals surface area contributed by atoms with E-state index in [2.05, 4.69) is 34.6 Å². The molecule has 0 saturated heterocycles. The first-order valence-corrected chi connectivity index (χ1v) is 7.20. The van der Waals surface area contributed by atoms with E-state index in [0.717, 1.165) is 5.56 Å². The van der Waals surface area contributed by atoms with Gasteiger partial charge in [0.1, 0.15) is 11.3 Å². The first-order chi connectivity index (χ1) is 9.25. The number of rotatable bonds is 5. The lowest BCUT2D eigenvalue weighted by Gasteiger charge is -2.21. The highest BCUT2D eigenvalue weighted by Gasteiger charge is 2.20. The predicted molar refractivity (Wildman–Crippen MR) is 81.4 cm³/mol. The Hall–Kier alpha value is -1.51. The highest BCUT2D eigenvalue weighted by molar-refractivity contribution is 5.92. The van der Waals surface area contributed by atoms with Crippen LogP contribution >= 0.6 is 0 Å². The van der Waals surface area contributed by atoms with Gasteiger partial charge in [-0.25, -0.2) is 4.79 Å². The van der Waals surface area contributed by atoms with Crippen molar-refractivity contribution in [3.05, 3.63) is 29.3 Å². The van der Waals surface area contributed by atoms with E-state index >= 15 is 0 Å². The highest BCUT2D eigenvalue weighted by Crippen LogP contribution is 2.28. The summed E-state index contributed by atoms with van der Waals surface area (Å²) in [5.74, 6) is 0.690. The Kier molecular flexibility index (Phi) is 5.61. The van der Waals surface area contributed by atoms with Crippen LogP contribution in [0.3, 0.4) is 0 Å². The molecule has 0 aliphatic heterocycles. The van der Waals surface area contributed by atoms with E-state index in [1.165, 1.54) is 0 Å². The fourth-order valence-corrected chi connectivity index (χ4v) is 1.75. The zero-order valence-corrected chi connectivity index (χ0v) is 13.4. The van der Waals surface area contributed by atoms with Crippen LogP contribution in [-0.2, 0) is 10.2 Å². The number of carbonyl (C=O) groups excluding carboxylic acids is 1. The van der Waals surface area contributed by atoms with Crippen LogP contribution in [0.5, 0.6) is 5.75 Å². The Morgan fingerprint density at radius 3 is 2.40 bits per heavy atom. The Bertz CT molecular complexity index is 456. The summed E-state index contributed by atoms with van der Waals surface area (Å²) in [6.07, 6.45) is 0. The van der Waals surface area contributed by atoms with Gasteiger partial charge in [0.05, 0.1) is 13.2 Å². The van der Waals surface area contributed by atoms with Gasteiger partial charge in [0.25, 0.3) is 0 Å². The third-order valence-electron chi connectivity index (χ3n) is 2.91. The maximum atomic E-state index is 12.1. The van der Waals surface area contributed by atoms with Crippen molar-refractivity contribution in [1.29, 1.82) is 0 Å². The molecule has 0 spiro atoms. The average molecular weight is 278 g/mol. The maximum Gasteiger partial charge on any atom is 0.341 e. The van der Waals surface area contributed by atoms with Gasteiger partial charge in [0.15, 0.2) is 0 Å². The first-order valence-electron chi connectivity index (χ1n) is 7.20. The first kappa shape index (κ1) is 16.5. The largest absolute Gasteiger partial charge is 0.492 e. The third kappa shape index (κ3) is 4.55. The average Bonchev–Trinajstić information content (AvgIpc) is 2.35. The Morgan fingerprint density at radius 2 is 1.90 bits per heavy atom. The molecule has 112 valence electrons. The maximum absolute atomic E-state index is 12.1. The normalized spacial score (nSPS) is 11.6. The van der Waals surface area contributed by atoms with Gasteiger partial charge in [-0.2, -0.15) is 0 Å². The molecule has 0 radical (unpaired) electrons. The summed E-state index contributed by atoms with van der Waals surface area (Å²) in [6.45, 7) is 13.3. The van der Waals surface area contributed by atoms with E-state index in [-0.39, 0.29) is 11.4 Å². The van der Waals surface area contributed by atoms with Crippen LogP contribution in [0.1, 0.15) is 57.5 Å². The molecule has 1 aromatic carbocycles. The Balaban J connectivity index is 3.13. The molecule has 0 unspecified atom stereocenters. The number of benzene rings is 1. The molecule has 0 aliphatic rings. The molecule has 0 atom stereocenters. The van der Waals surface area contributed by atoms with E-state index in [9.17, 15) is 4.79 Å². The SMILES string of the molecule is CCOC(=O)c1cc(C(C)(C)C)ccc1OCC(C)C. The van der Waals surface area contributed by atoms with Gasteiger partial charge in [-0.05, 0) is 36.0 Å². The second-order valence-electron chi connectivity index (χ2n) is 6.39. The fraction of sp³-hybridized carbons (Fsp3) is 0.588. The van der Waals surface area contributed by atoms with E-state index in [4.69, 9.17) is 9.47 Å². The number of carbonyl (C=O) groups is 1. The molecule has 1 rings (SSSR count). The van der Waals surface area contributed by atoms with Crippen LogP contribution in [0.4, 0.5) is 0 Å². The zero-order valence-electron chi connectivity index (χ0n) is 13.4. The summed E-state index contributed by atoms with van der Waals surface area (Å²) in [5.41, 5.74) is 1.59. The quantitative estimate of drug-likeness (QED) is 0.757. The summed E-state index contributed by atoms with van der Waals surface area (Å²) in [4.78, 5) is 12.1.